The number of ketones is 1. The monoisotopic (exact) mass is 446 g/mol. The lowest BCUT2D eigenvalue weighted by atomic mass is 9.96. The number of hydrogen-bond donors (Lipinski definition) is 1. The van der Waals surface area contributed by atoms with Crippen molar-refractivity contribution in [2.24, 2.45) is 0 Å². The van der Waals surface area contributed by atoms with Crippen molar-refractivity contribution in [3.8, 4) is 11.5 Å². The van der Waals surface area contributed by atoms with Crippen LogP contribution in [0, 0.1) is 0 Å². The number of amides is 1. The summed E-state index contributed by atoms with van der Waals surface area (Å²) in [5.41, 5.74) is 0.843. The third-order valence-corrected chi connectivity index (χ3v) is 5.94. The average Bonchev–Trinajstić information content (AvgIpc) is 3.05. The van der Waals surface area contributed by atoms with E-state index in [0.29, 0.717) is 23.6 Å². The van der Waals surface area contributed by atoms with Gasteiger partial charge in [-0.2, -0.15) is 0 Å². The van der Waals surface area contributed by atoms with E-state index in [-0.39, 0.29) is 11.4 Å². The van der Waals surface area contributed by atoms with E-state index in [1.54, 1.807) is 31.3 Å². The largest absolute Gasteiger partial charge is 0.503 e. The molecule has 1 aromatic carbocycles. The molecule has 7 heteroatoms. The van der Waals surface area contributed by atoms with Gasteiger partial charge in [0.1, 0.15) is 0 Å². The highest BCUT2D eigenvalue weighted by Crippen LogP contribution is 2.40. The first-order chi connectivity index (χ1) is 15.4. The lowest BCUT2D eigenvalue weighted by molar-refractivity contribution is -0.129. The second-order valence-electron chi connectivity index (χ2n) is 8.24. The maximum absolute atomic E-state index is 12.9. The molecule has 0 spiro atoms. The number of rotatable bonds is 14. The Labute approximate surface area is 192 Å². The van der Waals surface area contributed by atoms with Gasteiger partial charge in [-0.15, -0.1) is 0 Å². The van der Waals surface area contributed by atoms with E-state index in [1.165, 1.54) is 6.92 Å². The summed E-state index contributed by atoms with van der Waals surface area (Å²) in [6.07, 6.45) is 5.36. The van der Waals surface area contributed by atoms with Gasteiger partial charge in [-0.3, -0.25) is 9.59 Å². The summed E-state index contributed by atoms with van der Waals surface area (Å²) in [4.78, 5) is 29.3. The second kappa shape index (κ2) is 12.5. The van der Waals surface area contributed by atoms with Crippen molar-refractivity contribution in [1.29, 1.82) is 0 Å². The number of ether oxygens (including phenoxy) is 2. The number of aliphatic hydroxyl groups is 1. The van der Waals surface area contributed by atoms with Crippen LogP contribution in [0.4, 0.5) is 0 Å². The molecule has 1 atom stereocenters. The number of benzene rings is 1. The molecule has 1 aliphatic heterocycles. The fourth-order valence-electron chi connectivity index (χ4n) is 4.18. The molecule has 0 saturated heterocycles. The third-order valence-electron chi connectivity index (χ3n) is 5.94. The molecular weight excluding hydrogens is 408 g/mol. The van der Waals surface area contributed by atoms with Gasteiger partial charge in [-0.05, 0) is 63.5 Å². The Kier molecular flexibility index (Phi) is 10.0. The summed E-state index contributed by atoms with van der Waals surface area (Å²) < 4.78 is 10.7. The van der Waals surface area contributed by atoms with Gasteiger partial charge in [0, 0.05) is 6.54 Å². The zero-order chi connectivity index (χ0) is 23.7. The minimum Gasteiger partial charge on any atom is -0.503 e. The van der Waals surface area contributed by atoms with Gasteiger partial charge in [0.05, 0.1) is 25.8 Å². The van der Waals surface area contributed by atoms with E-state index in [1.807, 2.05) is 6.07 Å². The van der Waals surface area contributed by atoms with Crippen LogP contribution in [0.3, 0.4) is 0 Å². The molecule has 1 heterocycles. The standard InChI is InChI=1S/C25H38N2O5/c1-6-8-13-26(14-9-7-2)15-10-16-27-23(22(18(3)28)24(29)25(27)30)19-11-12-20(31-4)21(17-19)32-5/h11-12,17,23,29H,6-10,13-16H2,1-5H3/t23-/m0/s1. The van der Waals surface area contributed by atoms with Crippen molar-refractivity contribution in [1.82, 2.24) is 9.80 Å². The van der Waals surface area contributed by atoms with Crippen LogP contribution in [0.15, 0.2) is 29.5 Å². The van der Waals surface area contributed by atoms with Crippen LogP contribution in [0.25, 0.3) is 0 Å². The summed E-state index contributed by atoms with van der Waals surface area (Å²) in [5.74, 6) is -0.190. The minimum absolute atomic E-state index is 0.135. The highest BCUT2D eigenvalue weighted by atomic mass is 16.5. The number of carbonyl (C=O) groups excluding carboxylic acids is 2. The van der Waals surface area contributed by atoms with E-state index in [9.17, 15) is 14.7 Å². The van der Waals surface area contributed by atoms with Crippen molar-refractivity contribution in [3.05, 3.63) is 35.1 Å². The van der Waals surface area contributed by atoms with E-state index in [4.69, 9.17) is 9.47 Å². The SMILES string of the molecule is CCCCN(CCCC)CCCN1C(=O)C(O)=C(C(C)=O)[C@@H]1c1ccc(OC)c(OC)c1. The number of Topliss-reactive ketones (excluding diaryl/α,β-unsaturated/α-hetero) is 1. The van der Waals surface area contributed by atoms with Crippen molar-refractivity contribution >= 4 is 11.7 Å². The zero-order valence-corrected chi connectivity index (χ0v) is 20.1. The molecule has 0 aromatic heterocycles. The molecule has 0 saturated carbocycles. The molecule has 0 radical (unpaired) electrons. The number of unbranched alkanes of at least 4 members (excludes halogenated alkanes) is 2. The summed E-state index contributed by atoms with van der Waals surface area (Å²) in [7, 11) is 3.10. The van der Waals surface area contributed by atoms with Crippen LogP contribution >= 0.6 is 0 Å². The van der Waals surface area contributed by atoms with Crippen LogP contribution in [0.1, 0.15) is 64.5 Å². The third kappa shape index (κ3) is 6.03. The molecule has 1 aromatic rings. The van der Waals surface area contributed by atoms with E-state index < -0.39 is 17.7 Å². The Morgan fingerprint density at radius 1 is 1.03 bits per heavy atom. The summed E-state index contributed by atoms with van der Waals surface area (Å²) in [5, 5.41) is 10.5. The van der Waals surface area contributed by atoms with E-state index in [2.05, 4.69) is 18.7 Å². The van der Waals surface area contributed by atoms with Gasteiger partial charge < -0.3 is 24.4 Å². The Hall–Kier alpha value is -2.54. The smallest absolute Gasteiger partial charge is 0.290 e. The lowest BCUT2D eigenvalue weighted by Crippen LogP contribution is -2.35. The molecule has 1 N–H and O–H groups in total. The van der Waals surface area contributed by atoms with Crippen LogP contribution in [0.5, 0.6) is 11.5 Å². The highest BCUT2D eigenvalue weighted by molar-refractivity contribution is 6.08. The zero-order valence-electron chi connectivity index (χ0n) is 20.1. The lowest BCUT2D eigenvalue weighted by Gasteiger charge is -2.29. The van der Waals surface area contributed by atoms with E-state index >= 15 is 0 Å². The maximum Gasteiger partial charge on any atom is 0.290 e. The first-order valence-electron chi connectivity index (χ1n) is 11.6. The number of carbonyl (C=O) groups is 2. The Morgan fingerprint density at radius 3 is 2.16 bits per heavy atom. The molecule has 1 aliphatic rings. The van der Waals surface area contributed by atoms with Crippen LogP contribution < -0.4 is 9.47 Å². The minimum atomic E-state index is -0.639. The number of methoxy groups -OCH3 is 2. The molecule has 178 valence electrons. The second-order valence-corrected chi connectivity index (χ2v) is 8.24. The summed E-state index contributed by atoms with van der Waals surface area (Å²) in [6, 6.07) is 4.68. The Morgan fingerprint density at radius 2 is 1.62 bits per heavy atom. The van der Waals surface area contributed by atoms with Gasteiger partial charge in [-0.25, -0.2) is 0 Å². The highest BCUT2D eigenvalue weighted by Gasteiger charge is 2.42. The fraction of sp³-hybridized carbons (Fsp3) is 0.600. The fourth-order valence-corrected chi connectivity index (χ4v) is 4.18. The van der Waals surface area contributed by atoms with Crippen LogP contribution in [0.2, 0.25) is 0 Å². The maximum atomic E-state index is 12.9. The number of aliphatic hydroxyl groups excluding tert-OH is 1. The normalized spacial score (nSPS) is 16.2. The Bertz CT molecular complexity index is 813. The van der Waals surface area contributed by atoms with Gasteiger partial charge in [-0.1, -0.05) is 32.8 Å². The number of nitrogens with zero attached hydrogens (tertiary/aromatic N) is 2. The first kappa shape index (κ1) is 25.7. The van der Waals surface area contributed by atoms with E-state index in [0.717, 1.165) is 51.7 Å². The topological polar surface area (TPSA) is 79.3 Å². The summed E-state index contributed by atoms with van der Waals surface area (Å²) in [6.45, 7) is 9.18. The van der Waals surface area contributed by atoms with Gasteiger partial charge in [0.25, 0.3) is 5.91 Å². The van der Waals surface area contributed by atoms with Crippen molar-refractivity contribution in [3.63, 3.8) is 0 Å². The van der Waals surface area contributed by atoms with Gasteiger partial charge in [0.15, 0.2) is 23.0 Å². The molecule has 0 unspecified atom stereocenters. The average molecular weight is 447 g/mol. The predicted octanol–water partition coefficient (Wildman–Crippen LogP) is 4.28. The van der Waals surface area contributed by atoms with Gasteiger partial charge >= 0.3 is 0 Å². The summed E-state index contributed by atoms with van der Waals surface area (Å²) >= 11 is 0. The predicted molar refractivity (Wildman–Crippen MR) is 125 cm³/mol. The van der Waals surface area contributed by atoms with Crippen molar-refractivity contribution in [2.75, 3.05) is 40.4 Å². The molecule has 1 amide bonds. The quantitative estimate of drug-likeness (QED) is 0.459. The molecular formula is C25H38N2O5. The van der Waals surface area contributed by atoms with Crippen LogP contribution in [-0.4, -0.2) is 67.0 Å². The van der Waals surface area contributed by atoms with Crippen molar-refractivity contribution in [2.45, 2.75) is 58.9 Å². The van der Waals surface area contributed by atoms with Gasteiger partial charge in [0.2, 0.25) is 0 Å². The molecule has 32 heavy (non-hydrogen) atoms. The molecule has 2 rings (SSSR count). The van der Waals surface area contributed by atoms with Crippen molar-refractivity contribution < 1.29 is 24.2 Å². The molecule has 0 fully saturated rings. The number of hydrogen-bond acceptors (Lipinski definition) is 6. The molecule has 0 bridgehead atoms. The Balaban J connectivity index is 2.24. The molecule has 7 nitrogen and oxygen atoms in total. The first-order valence-corrected chi connectivity index (χ1v) is 11.6. The van der Waals surface area contributed by atoms with Crippen LogP contribution in [-0.2, 0) is 9.59 Å². The molecule has 0 aliphatic carbocycles.